The van der Waals surface area contributed by atoms with Crippen LogP contribution in [0.2, 0.25) is 0 Å². The summed E-state index contributed by atoms with van der Waals surface area (Å²) in [6.45, 7) is 1.62. The maximum atomic E-state index is 12.3. The summed E-state index contributed by atoms with van der Waals surface area (Å²) in [5.41, 5.74) is 2.28. The normalized spacial score (nSPS) is 14.1. The third-order valence-corrected chi connectivity index (χ3v) is 4.78. The molecule has 2 aromatic carbocycles. The molecule has 3 aromatic rings. The van der Waals surface area contributed by atoms with Crippen LogP contribution in [-0.2, 0) is 4.79 Å². The zero-order valence-corrected chi connectivity index (χ0v) is 15.4. The molecule has 0 bridgehead atoms. The van der Waals surface area contributed by atoms with E-state index < -0.39 is 0 Å². The zero-order chi connectivity index (χ0) is 19.3. The van der Waals surface area contributed by atoms with Gasteiger partial charge in [0.2, 0.25) is 0 Å². The summed E-state index contributed by atoms with van der Waals surface area (Å²) in [7, 11) is 0. The number of aromatic nitrogens is 2. The lowest BCUT2D eigenvalue weighted by Crippen LogP contribution is -2.32. The van der Waals surface area contributed by atoms with E-state index in [1.165, 1.54) is 0 Å². The van der Waals surface area contributed by atoms with E-state index in [0.717, 1.165) is 37.0 Å². The van der Waals surface area contributed by atoms with Gasteiger partial charge in [-0.2, -0.15) is 0 Å². The van der Waals surface area contributed by atoms with Crippen molar-refractivity contribution in [1.82, 2.24) is 14.9 Å². The number of para-hydroxylation sites is 3. The molecule has 0 atom stereocenters. The molecule has 1 aliphatic heterocycles. The van der Waals surface area contributed by atoms with Crippen LogP contribution in [0.4, 0.5) is 0 Å². The first kappa shape index (κ1) is 18.0. The SMILES string of the molecule is O=C(COc1ccccc1/C=C/c1nc2ccccc2[nH]c1=O)N1CCCC1. The molecule has 1 fully saturated rings. The smallest absolute Gasteiger partial charge is 0.274 e. The van der Waals surface area contributed by atoms with Crippen LogP contribution in [-0.4, -0.2) is 40.5 Å². The summed E-state index contributed by atoms with van der Waals surface area (Å²) >= 11 is 0. The van der Waals surface area contributed by atoms with Gasteiger partial charge >= 0.3 is 0 Å². The Labute approximate surface area is 162 Å². The largest absolute Gasteiger partial charge is 0.483 e. The lowest BCUT2D eigenvalue weighted by atomic mass is 10.1. The van der Waals surface area contributed by atoms with E-state index in [0.29, 0.717) is 17.0 Å². The molecule has 142 valence electrons. The minimum Gasteiger partial charge on any atom is -0.483 e. The van der Waals surface area contributed by atoms with Crippen molar-refractivity contribution in [2.75, 3.05) is 19.7 Å². The fourth-order valence-electron chi connectivity index (χ4n) is 3.27. The number of fused-ring (bicyclic) bond motifs is 1. The van der Waals surface area contributed by atoms with E-state index in [4.69, 9.17) is 4.74 Å². The Balaban J connectivity index is 1.53. The lowest BCUT2D eigenvalue weighted by Gasteiger charge is -2.16. The van der Waals surface area contributed by atoms with E-state index in [1.54, 1.807) is 12.2 Å². The number of amides is 1. The van der Waals surface area contributed by atoms with Gasteiger partial charge in [-0.3, -0.25) is 9.59 Å². The number of carbonyl (C=O) groups is 1. The van der Waals surface area contributed by atoms with Crippen molar-refractivity contribution in [3.8, 4) is 5.75 Å². The summed E-state index contributed by atoms with van der Waals surface area (Å²) in [6, 6.07) is 14.8. The van der Waals surface area contributed by atoms with E-state index in [-0.39, 0.29) is 18.1 Å². The van der Waals surface area contributed by atoms with Crippen LogP contribution in [0.3, 0.4) is 0 Å². The van der Waals surface area contributed by atoms with Crippen molar-refractivity contribution >= 4 is 29.1 Å². The minimum atomic E-state index is -0.252. The van der Waals surface area contributed by atoms with E-state index in [2.05, 4.69) is 9.97 Å². The van der Waals surface area contributed by atoms with E-state index in [1.807, 2.05) is 53.4 Å². The Kier molecular flexibility index (Phi) is 5.19. The number of hydrogen-bond donors (Lipinski definition) is 1. The average molecular weight is 375 g/mol. The molecule has 28 heavy (non-hydrogen) atoms. The number of nitrogens with zero attached hydrogens (tertiary/aromatic N) is 2. The number of rotatable bonds is 5. The fourth-order valence-corrected chi connectivity index (χ4v) is 3.27. The molecule has 1 aromatic heterocycles. The summed E-state index contributed by atoms with van der Waals surface area (Å²) in [6.07, 6.45) is 5.55. The van der Waals surface area contributed by atoms with Crippen LogP contribution in [0.15, 0.2) is 53.3 Å². The van der Waals surface area contributed by atoms with Gasteiger partial charge < -0.3 is 14.6 Å². The van der Waals surface area contributed by atoms with Gasteiger partial charge in [0.25, 0.3) is 11.5 Å². The summed E-state index contributed by atoms with van der Waals surface area (Å²) in [4.78, 5) is 33.5. The Bertz CT molecular complexity index is 1080. The van der Waals surface area contributed by atoms with Gasteiger partial charge in [0.1, 0.15) is 11.4 Å². The van der Waals surface area contributed by atoms with Crippen LogP contribution in [0.25, 0.3) is 23.2 Å². The quantitative estimate of drug-likeness (QED) is 0.744. The number of nitrogens with one attached hydrogen (secondary N) is 1. The molecule has 0 saturated carbocycles. The van der Waals surface area contributed by atoms with Crippen molar-refractivity contribution in [2.45, 2.75) is 12.8 Å². The Hall–Kier alpha value is -3.41. The zero-order valence-electron chi connectivity index (χ0n) is 15.4. The van der Waals surface area contributed by atoms with Crippen LogP contribution >= 0.6 is 0 Å². The molecular weight excluding hydrogens is 354 g/mol. The topological polar surface area (TPSA) is 75.3 Å². The highest BCUT2D eigenvalue weighted by Gasteiger charge is 2.18. The summed E-state index contributed by atoms with van der Waals surface area (Å²) in [5, 5.41) is 0. The van der Waals surface area contributed by atoms with Crippen molar-refractivity contribution < 1.29 is 9.53 Å². The molecule has 0 spiro atoms. The molecule has 6 nitrogen and oxygen atoms in total. The molecule has 4 rings (SSSR count). The summed E-state index contributed by atoms with van der Waals surface area (Å²) < 4.78 is 5.75. The predicted molar refractivity (Wildman–Crippen MR) is 109 cm³/mol. The molecule has 0 radical (unpaired) electrons. The number of H-pyrrole nitrogens is 1. The molecular formula is C22H21N3O3. The second-order valence-electron chi connectivity index (χ2n) is 6.72. The minimum absolute atomic E-state index is 0.00363. The summed E-state index contributed by atoms with van der Waals surface area (Å²) in [5.74, 6) is 0.604. The van der Waals surface area contributed by atoms with Crippen LogP contribution in [0.5, 0.6) is 5.75 Å². The number of benzene rings is 2. The average Bonchev–Trinajstić information content (AvgIpc) is 3.26. The second kappa shape index (κ2) is 8.08. The van der Waals surface area contributed by atoms with E-state index in [9.17, 15) is 9.59 Å². The van der Waals surface area contributed by atoms with Crippen LogP contribution in [0, 0.1) is 0 Å². The van der Waals surface area contributed by atoms with Gasteiger partial charge in [0.15, 0.2) is 6.61 Å². The Morgan fingerprint density at radius 1 is 1.07 bits per heavy atom. The molecule has 6 heteroatoms. The first-order chi connectivity index (χ1) is 13.7. The molecule has 1 saturated heterocycles. The maximum Gasteiger partial charge on any atom is 0.274 e. The first-order valence-electron chi connectivity index (χ1n) is 9.37. The second-order valence-corrected chi connectivity index (χ2v) is 6.72. The van der Waals surface area contributed by atoms with Crippen molar-refractivity contribution in [2.24, 2.45) is 0 Å². The van der Waals surface area contributed by atoms with Crippen LogP contribution < -0.4 is 10.3 Å². The molecule has 1 N–H and O–H groups in total. The Morgan fingerprint density at radius 3 is 2.68 bits per heavy atom. The third-order valence-electron chi connectivity index (χ3n) is 4.78. The van der Waals surface area contributed by atoms with Gasteiger partial charge in [0.05, 0.1) is 11.0 Å². The lowest BCUT2D eigenvalue weighted by molar-refractivity contribution is -0.132. The molecule has 0 aliphatic carbocycles. The standard InChI is InChI=1S/C22H21N3O3/c26-21(25-13-5-6-14-25)15-28-20-10-4-1-7-16(20)11-12-19-22(27)24-18-9-3-2-8-17(18)23-19/h1-4,7-12H,5-6,13-15H2,(H,24,27)/b12-11+. The van der Waals surface area contributed by atoms with Gasteiger partial charge in [-0.15, -0.1) is 0 Å². The third kappa shape index (κ3) is 3.96. The van der Waals surface area contributed by atoms with Crippen molar-refractivity contribution in [3.05, 3.63) is 70.1 Å². The monoisotopic (exact) mass is 375 g/mol. The number of hydrogen-bond acceptors (Lipinski definition) is 4. The Morgan fingerprint density at radius 2 is 1.82 bits per heavy atom. The highest BCUT2D eigenvalue weighted by atomic mass is 16.5. The van der Waals surface area contributed by atoms with Crippen molar-refractivity contribution in [3.63, 3.8) is 0 Å². The van der Waals surface area contributed by atoms with Gasteiger partial charge in [0, 0.05) is 18.7 Å². The number of likely N-dealkylation sites (tertiary alicyclic amines) is 1. The van der Waals surface area contributed by atoms with Gasteiger partial charge in [-0.05, 0) is 43.2 Å². The van der Waals surface area contributed by atoms with Crippen molar-refractivity contribution in [1.29, 1.82) is 0 Å². The fraction of sp³-hybridized carbons (Fsp3) is 0.227. The highest BCUT2D eigenvalue weighted by Crippen LogP contribution is 2.21. The molecule has 2 heterocycles. The van der Waals surface area contributed by atoms with Gasteiger partial charge in [-0.1, -0.05) is 30.3 Å². The molecule has 1 amide bonds. The van der Waals surface area contributed by atoms with Gasteiger partial charge in [-0.25, -0.2) is 4.98 Å². The number of ether oxygens (including phenoxy) is 1. The molecule has 0 unspecified atom stereocenters. The number of carbonyl (C=O) groups excluding carboxylic acids is 1. The number of aromatic amines is 1. The molecule has 1 aliphatic rings. The highest BCUT2D eigenvalue weighted by molar-refractivity contribution is 5.79. The van der Waals surface area contributed by atoms with E-state index >= 15 is 0 Å². The predicted octanol–water partition coefficient (Wildman–Crippen LogP) is 3.09. The van der Waals surface area contributed by atoms with Crippen LogP contribution in [0.1, 0.15) is 24.1 Å². The maximum absolute atomic E-state index is 12.3. The first-order valence-corrected chi connectivity index (χ1v) is 9.37.